The normalized spacial score (nSPS) is 11.0. The van der Waals surface area contributed by atoms with Crippen LogP contribution < -0.4 is 19.1 Å². The standard InChI is InChI=1S/C30H26Cl2N2O6S/c1-19-9-13-27(40-3)28(15-19)41(37,38)34(22-11-14-26(39-2)24(32)17-22)18-29(35)33-25-12-10-21(31)16-23(25)30(36)20-7-5-4-6-8-20/h4-17H,18H2,1-3H3,(H,33,35). The molecular weight excluding hydrogens is 587 g/mol. The highest BCUT2D eigenvalue weighted by Crippen LogP contribution is 2.35. The van der Waals surface area contributed by atoms with Crippen molar-refractivity contribution in [3.8, 4) is 11.5 Å². The van der Waals surface area contributed by atoms with Gasteiger partial charge in [0, 0.05) is 16.1 Å². The van der Waals surface area contributed by atoms with Gasteiger partial charge in [0.1, 0.15) is 22.9 Å². The first-order chi connectivity index (χ1) is 19.5. The van der Waals surface area contributed by atoms with Crippen molar-refractivity contribution in [2.24, 2.45) is 0 Å². The summed E-state index contributed by atoms with van der Waals surface area (Å²) in [4.78, 5) is 26.5. The fourth-order valence-electron chi connectivity index (χ4n) is 4.11. The number of benzene rings is 4. The molecule has 0 aliphatic heterocycles. The number of nitrogens with one attached hydrogen (secondary N) is 1. The lowest BCUT2D eigenvalue weighted by Crippen LogP contribution is -2.38. The number of sulfonamides is 1. The summed E-state index contributed by atoms with van der Waals surface area (Å²) in [7, 11) is -1.57. The number of anilines is 2. The van der Waals surface area contributed by atoms with Crippen LogP contribution in [0.3, 0.4) is 0 Å². The summed E-state index contributed by atoms with van der Waals surface area (Å²) in [6.07, 6.45) is 0. The van der Waals surface area contributed by atoms with Gasteiger partial charge in [-0.05, 0) is 61.0 Å². The average Bonchev–Trinajstić information content (AvgIpc) is 2.96. The van der Waals surface area contributed by atoms with Crippen LogP contribution in [0.5, 0.6) is 11.5 Å². The summed E-state index contributed by atoms with van der Waals surface area (Å²) in [6.45, 7) is 1.09. The molecule has 0 aliphatic rings. The molecule has 0 radical (unpaired) electrons. The molecule has 11 heteroatoms. The maximum Gasteiger partial charge on any atom is 0.268 e. The van der Waals surface area contributed by atoms with E-state index in [-0.39, 0.29) is 38.4 Å². The molecule has 0 saturated heterocycles. The lowest BCUT2D eigenvalue weighted by atomic mass is 10.0. The molecule has 0 bridgehead atoms. The van der Waals surface area contributed by atoms with Gasteiger partial charge in [-0.1, -0.05) is 59.6 Å². The second kappa shape index (κ2) is 12.6. The van der Waals surface area contributed by atoms with Crippen LogP contribution in [-0.2, 0) is 14.8 Å². The molecule has 0 fully saturated rings. The predicted molar refractivity (Wildman–Crippen MR) is 160 cm³/mol. The van der Waals surface area contributed by atoms with E-state index in [1.807, 2.05) is 0 Å². The molecular formula is C30H26Cl2N2O6S. The van der Waals surface area contributed by atoms with Crippen molar-refractivity contribution in [1.82, 2.24) is 0 Å². The number of ketones is 1. The summed E-state index contributed by atoms with van der Waals surface area (Å²) in [6, 6.07) is 22.0. The summed E-state index contributed by atoms with van der Waals surface area (Å²) >= 11 is 12.5. The number of carbonyl (C=O) groups is 2. The fraction of sp³-hybridized carbons (Fsp3) is 0.133. The number of amides is 1. The van der Waals surface area contributed by atoms with Gasteiger partial charge in [0.2, 0.25) is 5.91 Å². The SMILES string of the molecule is COc1ccc(N(CC(=O)Nc2ccc(Cl)cc2C(=O)c2ccccc2)S(=O)(=O)c2cc(C)ccc2OC)cc1Cl. The van der Waals surface area contributed by atoms with Crippen LogP contribution >= 0.6 is 23.2 Å². The maximum absolute atomic E-state index is 14.0. The Bertz CT molecular complexity index is 1710. The van der Waals surface area contributed by atoms with Crippen molar-refractivity contribution in [3.05, 3.63) is 112 Å². The third-order valence-corrected chi connectivity index (χ3v) is 8.46. The number of carbonyl (C=O) groups excluding carboxylic acids is 2. The number of ether oxygens (including phenoxy) is 2. The van der Waals surface area contributed by atoms with E-state index < -0.39 is 22.5 Å². The van der Waals surface area contributed by atoms with Crippen LogP contribution in [0.25, 0.3) is 0 Å². The Morgan fingerprint density at radius 1 is 0.854 bits per heavy atom. The lowest BCUT2D eigenvalue weighted by molar-refractivity contribution is -0.114. The largest absolute Gasteiger partial charge is 0.495 e. The van der Waals surface area contributed by atoms with Crippen LogP contribution in [0.1, 0.15) is 21.5 Å². The van der Waals surface area contributed by atoms with Crippen molar-refractivity contribution in [3.63, 3.8) is 0 Å². The van der Waals surface area contributed by atoms with E-state index in [0.29, 0.717) is 21.9 Å². The minimum atomic E-state index is -4.36. The molecule has 0 aromatic heterocycles. The van der Waals surface area contributed by atoms with Gasteiger partial charge >= 0.3 is 0 Å². The van der Waals surface area contributed by atoms with Gasteiger partial charge in [-0.3, -0.25) is 13.9 Å². The third kappa shape index (κ3) is 6.65. The Kier molecular flexibility index (Phi) is 9.22. The molecule has 212 valence electrons. The van der Waals surface area contributed by atoms with Crippen LogP contribution in [0.15, 0.2) is 89.8 Å². The van der Waals surface area contributed by atoms with Gasteiger partial charge in [0.25, 0.3) is 10.0 Å². The first-order valence-electron chi connectivity index (χ1n) is 12.2. The summed E-state index contributed by atoms with van der Waals surface area (Å²) in [5, 5.41) is 3.12. The van der Waals surface area contributed by atoms with Crippen molar-refractivity contribution in [1.29, 1.82) is 0 Å². The molecule has 0 atom stereocenters. The molecule has 1 amide bonds. The molecule has 0 aliphatic carbocycles. The zero-order valence-electron chi connectivity index (χ0n) is 22.4. The monoisotopic (exact) mass is 612 g/mol. The molecule has 0 spiro atoms. The van der Waals surface area contributed by atoms with Crippen molar-refractivity contribution < 1.29 is 27.5 Å². The van der Waals surface area contributed by atoms with E-state index in [9.17, 15) is 18.0 Å². The minimum absolute atomic E-state index is 0.106. The Morgan fingerprint density at radius 3 is 2.20 bits per heavy atom. The van der Waals surface area contributed by atoms with E-state index in [4.69, 9.17) is 32.7 Å². The molecule has 8 nitrogen and oxygen atoms in total. The first kappa shape index (κ1) is 29.9. The summed E-state index contributed by atoms with van der Waals surface area (Å²) < 4.78 is 39.5. The van der Waals surface area contributed by atoms with Crippen molar-refractivity contribution in [2.45, 2.75) is 11.8 Å². The molecule has 4 rings (SSSR count). The topological polar surface area (TPSA) is 102 Å². The summed E-state index contributed by atoms with van der Waals surface area (Å²) in [5.41, 5.74) is 1.51. The van der Waals surface area contributed by atoms with Crippen LogP contribution in [0, 0.1) is 6.92 Å². The van der Waals surface area contributed by atoms with E-state index in [1.165, 1.54) is 62.8 Å². The Balaban J connectivity index is 1.74. The van der Waals surface area contributed by atoms with Gasteiger partial charge in [-0.25, -0.2) is 8.42 Å². The Morgan fingerprint density at radius 2 is 1.54 bits per heavy atom. The van der Waals surface area contributed by atoms with Gasteiger partial charge in [0.15, 0.2) is 5.78 Å². The number of halogens is 2. The van der Waals surface area contributed by atoms with Gasteiger partial charge in [0.05, 0.1) is 30.6 Å². The highest BCUT2D eigenvalue weighted by molar-refractivity contribution is 7.93. The molecule has 41 heavy (non-hydrogen) atoms. The quantitative estimate of drug-likeness (QED) is 0.208. The average molecular weight is 614 g/mol. The Hall–Kier alpha value is -4.05. The zero-order chi connectivity index (χ0) is 29.7. The number of hydrogen-bond acceptors (Lipinski definition) is 6. The minimum Gasteiger partial charge on any atom is -0.495 e. The zero-order valence-corrected chi connectivity index (χ0v) is 24.7. The van der Waals surface area contributed by atoms with Crippen LogP contribution in [0.4, 0.5) is 11.4 Å². The van der Waals surface area contributed by atoms with E-state index in [1.54, 1.807) is 43.3 Å². The number of hydrogen-bond donors (Lipinski definition) is 1. The Labute approximate surface area is 248 Å². The molecule has 0 unspecified atom stereocenters. The predicted octanol–water partition coefficient (Wildman–Crippen LogP) is 6.38. The van der Waals surface area contributed by atoms with E-state index >= 15 is 0 Å². The molecule has 0 saturated carbocycles. The second-order valence-electron chi connectivity index (χ2n) is 8.92. The van der Waals surface area contributed by atoms with Gasteiger partial charge < -0.3 is 14.8 Å². The summed E-state index contributed by atoms with van der Waals surface area (Å²) in [5.74, 6) is -0.638. The molecule has 4 aromatic carbocycles. The van der Waals surface area contributed by atoms with Crippen molar-refractivity contribution >= 4 is 56.3 Å². The fourth-order valence-corrected chi connectivity index (χ4v) is 6.19. The lowest BCUT2D eigenvalue weighted by Gasteiger charge is -2.26. The molecule has 1 N–H and O–H groups in total. The maximum atomic E-state index is 14.0. The number of nitrogens with zero attached hydrogens (tertiary/aromatic N) is 1. The van der Waals surface area contributed by atoms with Crippen LogP contribution in [0.2, 0.25) is 10.0 Å². The highest BCUT2D eigenvalue weighted by Gasteiger charge is 2.31. The second-order valence-corrected chi connectivity index (χ2v) is 11.6. The van der Waals surface area contributed by atoms with E-state index in [0.717, 1.165) is 4.31 Å². The van der Waals surface area contributed by atoms with Gasteiger partial charge in [-0.15, -0.1) is 0 Å². The van der Waals surface area contributed by atoms with Crippen LogP contribution in [-0.4, -0.2) is 40.9 Å². The third-order valence-electron chi connectivity index (χ3n) is 6.13. The van der Waals surface area contributed by atoms with Crippen molar-refractivity contribution in [2.75, 3.05) is 30.4 Å². The number of aryl methyl sites for hydroxylation is 1. The first-order valence-corrected chi connectivity index (χ1v) is 14.4. The molecule has 0 heterocycles. The highest BCUT2D eigenvalue weighted by atomic mass is 35.5. The molecule has 4 aromatic rings. The smallest absolute Gasteiger partial charge is 0.268 e. The van der Waals surface area contributed by atoms with Gasteiger partial charge in [-0.2, -0.15) is 0 Å². The number of methoxy groups -OCH3 is 2. The number of rotatable bonds is 10. The van der Waals surface area contributed by atoms with E-state index in [2.05, 4.69) is 5.32 Å².